The second-order valence-corrected chi connectivity index (χ2v) is 26.8. The molecule has 486 valence electrons. The molecule has 4 rings (SSSR count). The Labute approximate surface area is 533 Å². The van der Waals surface area contributed by atoms with Gasteiger partial charge in [0.2, 0.25) is 11.9 Å². The van der Waals surface area contributed by atoms with E-state index in [2.05, 4.69) is 107 Å². The van der Waals surface area contributed by atoms with Crippen LogP contribution in [0.1, 0.15) is 383 Å². The van der Waals surface area contributed by atoms with Gasteiger partial charge in [-0.1, -0.05) is 342 Å². The van der Waals surface area contributed by atoms with Gasteiger partial charge in [0.05, 0.1) is 0 Å². The van der Waals surface area contributed by atoms with Crippen molar-refractivity contribution in [2.45, 2.75) is 388 Å². The Morgan fingerprint density at radius 2 is 0.465 bits per heavy atom. The van der Waals surface area contributed by atoms with Crippen LogP contribution in [0.3, 0.4) is 0 Å². The first-order valence-electron chi connectivity index (χ1n) is 38.2. The largest absolute Gasteiger partial charge is 0.324 e. The summed E-state index contributed by atoms with van der Waals surface area (Å²) in [5, 5.41) is 7.80. The number of hydrogen-bond donors (Lipinski definition) is 2. The summed E-state index contributed by atoms with van der Waals surface area (Å²) < 4.78 is 0. The van der Waals surface area contributed by atoms with Crippen molar-refractivity contribution >= 4 is 23.3 Å². The second-order valence-electron chi connectivity index (χ2n) is 26.8. The van der Waals surface area contributed by atoms with E-state index in [-0.39, 0.29) is 0 Å². The smallest absolute Gasteiger partial charge is 0.232 e. The van der Waals surface area contributed by atoms with E-state index >= 15 is 0 Å². The number of rotatable bonds is 59. The molecule has 0 aliphatic heterocycles. The van der Waals surface area contributed by atoms with Gasteiger partial charge in [0.1, 0.15) is 0 Å². The molecule has 3 aromatic carbocycles. The van der Waals surface area contributed by atoms with Crippen LogP contribution in [0.5, 0.6) is 0 Å². The predicted molar refractivity (Wildman–Crippen MR) is 383 cm³/mol. The fourth-order valence-corrected chi connectivity index (χ4v) is 13.4. The molecular formula is C81H137N5. The summed E-state index contributed by atoms with van der Waals surface area (Å²) in [6.07, 6.45) is 71.9. The molecule has 0 aliphatic rings. The summed E-state index contributed by atoms with van der Waals surface area (Å²) in [5.74, 6) is 1.95. The summed E-state index contributed by atoms with van der Waals surface area (Å²) in [6, 6.07) is 20.7. The number of benzene rings is 3. The molecular weight excluding hydrogens is 1040 g/mol. The average molecular weight is 1180 g/mol. The molecule has 0 unspecified atom stereocenters. The standard InChI is InChI=1S/C81H137N5/c1-7-13-19-25-31-37-43-50-60-71-66-75(67-72(61-51-44-38-32-26-20-14-8-2)77(71)64-56-47-41-35-29-23-17-11-5)82-80-84-79(70-58-54-49-55-59-70)85-81(86-80)83-76-68-73(62-52-45-39-33-27-21-15-9-3)78(65-57-48-42-36-30-24-18-12-6)74(69-76)63-53-46-40-34-28-22-16-10-4/h49,54-55,58-59,66-69H,7-48,50-53,56-57,60-65H2,1-6H3,(H2,82,83,84,85,86). The molecule has 0 spiro atoms. The summed E-state index contributed by atoms with van der Waals surface area (Å²) in [5.41, 5.74) is 12.9. The molecule has 1 heterocycles. The van der Waals surface area contributed by atoms with E-state index in [1.54, 1.807) is 33.4 Å². The molecule has 0 aliphatic carbocycles. The zero-order valence-corrected chi connectivity index (χ0v) is 57.7. The van der Waals surface area contributed by atoms with Crippen molar-refractivity contribution in [3.05, 3.63) is 88.0 Å². The van der Waals surface area contributed by atoms with E-state index in [4.69, 9.17) is 15.0 Å². The minimum absolute atomic E-state index is 0.623. The van der Waals surface area contributed by atoms with Crippen LogP contribution in [0, 0.1) is 0 Å². The fraction of sp³-hybridized carbons (Fsp3) is 0.741. The topological polar surface area (TPSA) is 62.7 Å². The van der Waals surface area contributed by atoms with E-state index in [0.717, 1.165) is 42.6 Å². The predicted octanol–water partition coefficient (Wildman–Crippen LogP) is 27.1. The van der Waals surface area contributed by atoms with E-state index in [1.165, 1.54) is 321 Å². The first-order valence-corrected chi connectivity index (χ1v) is 38.2. The van der Waals surface area contributed by atoms with Crippen molar-refractivity contribution < 1.29 is 0 Å². The normalized spacial score (nSPS) is 11.6. The van der Waals surface area contributed by atoms with Crippen LogP contribution < -0.4 is 10.6 Å². The third-order valence-electron chi connectivity index (χ3n) is 18.8. The minimum Gasteiger partial charge on any atom is -0.324 e. The van der Waals surface area contributed by atoms with Gasteiger partial charge in [0, 0.05) is 16.9 Å². The molecule has 0 atom stereocenters. The van der Waals surface area contributed by atoms with Gasteiger partial charge in [0.15, 0.2) is 5.82 Å². The Balaban J connectivity index is 1.73. The molecule has 0 radical (unpaired) electrons. The van der Waals surface area contributed by atoms with Crippen LogP contribution in [-0.4, -0.2) is 15.0 Å². The lowest BCUT2D eigenvalue weighted by atomic mass is 9.89. The first kappa shape index (κ1) is 74.7. The van der Waals surface area contributed by atoms with E-state index in [1.807, 2.05) is 0 Å². The van der Waals surface area contributed by atoms with Crippen molar-refractivity contribution in [3.63, 3.8) is 0 Å². The number of aromatic nitrogens is 3. The zero-order chi connectivity index (χ0) is 61.0. The molecule has 5 nitrogen and oxygen atoms in total. The maximum absolute atomic E-state index is 5.33. The molecule has 0 fully saturated rings. The summed E-state index contributed by atoms with van der Waals surface area (Å²) in [7, 11) is 0. The van der Waals surface area contributed by atoms with Crippen molar-refractivity contribution in [1.82, 2.24) is 15.0 Å². The van der Waals surface area contributed by atoms with Gasteiger partial charge in [0.25, 0.3) is 0 Å². The third kappa shape index (κ3) is 34.9. The van der Waals surface area contributed by atoms with Crippen LogP contribution in [0.25, 0.3) is 11.4 Å². The van der Waals surface area contributed by atoms with Gasteiger partial charge in [-0.3, -0.25) is 0 Å². The van der Waals surface area contributed by atoms with Gasteiger partial charge in [-0.05, 0) is 135 Å². The van der Waals surface area contributed by atoms with Crippen molar-refractivity contribution in [3.8, 4) is 11.4 Å². The minimum atomic E-state index is 0.623. The van der Waals surface area contributed by atoms with Gasteiger partial charge in [-0.25, -0.2) is 0 Å². The number of aryl methyl sites for hydroxylation is 4. The van der Waals surface area contributed by atoms with Crippen LogP contribution in [-0.2, 0) is 38.5 Å². The Morgan fingerprint density at radius 1 is 0.244 bits per heavy atom. The molecule has 5 heteroatoms. The lowest BCUT2D eigenvalue weighted by Gasteiger charge is -2.20. The highest BCUT2D eigenvalue weighted by Gasteiger charge is 2.18. The number of hydrogen-bond acceptors (Lipinski definition) is 5. The van der Waals surface area contributed by atoms with E-state index < -0.39 is 0 Å². The van der Waals surface area contributed by atoms with Gasteiger partial charge < -0.3 is 10.6 Å². The quantitative estimate of drug-likeness (QED) is 0.0431. The fourth-order valence-electron chi connectivity index (χ4n) is 13.4. The highest BCUT2D eigenvalue weighted by molar-refractivity contribution is 5.66. The van der Waals surface area contributed by atoms with Gasteiger partial charge >= 0.3 is 0 Å². The van der Waals surface area contributed by atoms with Crippen molar-refractivity contribution in [1.29, 1.82) is 0 Å². The molecule has 86 heavy (non-hydrogen) atoms. The highest BCUT2D eigenvalue weighted by Crippen LogP contribution is 2.33. The van der Waals surface area contributed by atoms with Crippen molar-refractivity contribution in [2.75, 3.05) is 10.6 Å². The van der Waals surface area contributed by atoms with E-state index in [0.29, 0.717) is 17.7 Å². The Bertz CT molecular complexity index is 1980. The molecule has 0 amide bonds. The highest BCUT2D eigenvalue weighted by atomic mass is 15.2. The number of nitrogens with zero attached hydrogens (tertiary/aromatic N) is 3. The van der Waals surface area contributed by atoms with Gasteiger partial charge in [-0.15, -0.1) is 0 Å². The van der Waals surface area contributed by atoms with Crippen LogP contribution in [0.15, 0.2) is 54.6 Å². The van der Waals surface area contributed by atoms with E-state index in [9.17, 15) is 0 Å². The molecule has 4 aromatic rings. The van der Waals surface area contributed by atoms with Crippen LogP contribution in [0.2, 0.25) is 0 Å². The summed E-state index contributed by atoms with van der Waals surface area (Å²) in [4.78, 5) is 15.9. The Morgan fingerprint density at radius 3 is 0.709 bits per heavy atom. The van der Waals surface area contributed by atoms with Crippen molar-refractivity contribution in [2.24, 2.45) is 0 Å². The molecule has 1 aromatic heterocycles. The maximum Gasteiger partial charge on any atom is 0.232 e. The lowest BCUT2D eigenvalue weighted by Crippen LogP contribution is -2.09. The van der Waals surface area contributed by atoms with Gasteiger partial charge in [-0.2, -0.15) is 15.0 Å². The van der Waals surface area contributed by atoms with Crippen LogP contribution in [0.4, 0.5) is 23.3 Å². The monoisotopic (exact) mass is 1180 g/mol. The number of unbranched alkanes of at least 4 members (excludes halogenated alkanes) is 42. The number of nitrogens with one attached hydrogen (secondary N) is 2. The van der Waals surface area contributed by atoms with Crippen LogP contribution >= 0.6 is 0 Å². The summed E-state index contributed by atoms with van der Waals surface area (Å²) in [6.45, 7) is 14.0. The first-order chi connectivity index (χ1) is 42.5. The maximum atomic E-state index is 5.33. The molecule has 0 bridgehead atoms. The zero-order valence-electron chi connectivity index (χ0n) is 57.7. The summed E-state index contributed by atoms with van der Waals surface area (Å²) >= 11 is 0. The average Bonchev–Trinajstić information content (AvgIpc) is 3.71. The number of anilines is 4. The molecule has 0 saturated heterocycles. The Hall–Kier alpha value is -3.73. The Kier molecular flexibility index (Phi) is 45.3. The molecule has 2 N–H and O–H groups in total. The molecule has 0 saturated carbocycles. The third-order valence-corrected chi connectivity index (χ3v) is 18.8. The lowest BCUT2D eigenvalue weighted by molar-refractivity contribution is 0.567. The SMILES string of the molecule is CCCCCCCCCCc1cc(Nc2nc(Nc3cc(CCCCCCCCCC)c(CCCCCCCCCC)c(CCCCCCCCCC)c3)nc(-c3ccccc3)n2)cc(CCCCCCCCCC)c1CCCCCCCCCC. The second kappa shape index (κ2) is 52.1.